The third-order valence-corrected chi connectivity index (χ3v) is 3.46. The summed E-state index contributed by atoms with van der Waals surface area (Å²) in [5, 5.41) is 7.33. The number of nitrogens with zero attached hydrogens (tertiary/aromatic N) is 3. The lowest BCUT2D eigenvalue weighted by molar-refractivity contribution is -0.185. The molecule has 1 aromatic rings. The summed E-state index contributed by atoms with van der Waals surface area (Å²) in [4.78, 5) is 11.1. The van der Waals surface area contributed by atoms with E-state index in [4.69, 9.17) is 5.73 Å². The van der Waals surface area contributed by atoms with Gasteiger partial charge in [-0.2, -0.15) is 13.2 Å². The summed E-state index contributed by atoms with van der Waals surface area (Å²) in [5.74, 6) is -2.73. The second-order valence-electron chi connectivity index (χ2n) is 4.56. The van der Waals surface area contributed by atoms with E-state index >= 15 is 0 Å². The van der Waals surface area contributed by atoms with Gasteiger partial charge in [-0.25, -0.2) is 4.68 Å². The van der Waals surface area contributed by atoms with E-state index in [0.717, 1.165) is 6.92 Å². The molecule has 2 rings (SSSR count). The molecule has 0 radical (unpaired) electrons. The molecule has 0 fully saturated rings. The highest BCUT2D eigenvalue weighted by Gasteiger charge is 2.42. The molecule has 1 aliphatic heterocycles. The van der Waals surface area contributed by atoms with Crippen LogP contribution in [0.3, 0.4) is 0 Å². The Hall–Kier alpha value is -1.60. The first kappa shape index (κ1) is 12.8. The predicted molar refractivity (Wildman–Crippen MR) is 55.6 cm³/mol. The summed E-state index contributed by atoms with van der Waals surface area (Å²) in [7, 11) is 0. The quantitative estimate of drug-likeness (QED) is 0.868. The number of carbonyl (C=O) groups excluding carboxylic acids is 1. The molecule has 0 aliphatic carbocycles. The Morgan fingerprint density at radius 2 is 2.22 bits per heavy atom. The molecule has 0 aromatic carbocycles. The summed E-state index contributed by atoms with van der Waals surface area (Å²) < 4.78 is 39.5. The number of aromatic nitrogens is 3. The van der Waals surface area contributed by atoms with Gasteiger partial charge < -0.3 is 5.73 Å². The zero-order chi connectivity index (χ0) is 13.5. The number of alkyl halides is 3. The SMILES string of the molecule is CC(C1CCn2nnc(C(N)=O)c2C1)C(F)(F)F. The van der Waals surface area contributed by atoms with E-state index < -0.39 is 23.9 Å². The fourth-order valence-electron chi connectivity index (χ4n) is 2.24. The normalized spacial score (nSPS) is 21.4. The van der Waals surface area contributed by atoms with Crippen molar-refractivity contribution in [2.45, 2.75) is 32.5 Å². The van der Waals surface area contributed by atoms with E-state index in [9.17, 15) is 18.0 Å². The minimum Gasteiger partial charge on any atom is -0.364 e. The molecule has 0 saturated heterocycles. The van der Waals surface area contributed by atoms with Gasteiger partial charge in [-0.15, -0.1) is 5.10 Å². The average Bonchev–Trinajstić information content (AvgIpc) is 2.69. The zero-order valence-electron chi connectivity index (χ0n) is 9.74. The van der Waals surface area contributed by atoms with Gasteiger partial charge in [0.15, 0.2) is 5.69 Å². The molecule has 100 valence electrons. The number of rotatable bonds is 2. The molecule has 18 heavy (non-hydrogen) atoms. The predicted octanol–water partition coefficient (Wildman–Crippen LogP) is 1.14. The van der Waals surface area contributed by atoms with Crippen LogP contribution in [0.25, 0.3) is 0 Å². The number of carbonyl (C=O) groups is 1. The Bertz CT molecular complexity index is 468. The number of hydrogen-bond donors (Lipinski definition) is 1. The maximum Gasteiger partial charge on any atom is 0.391 e. The van der Waals surface area contributed by atoms with Crippen molar-refractivity contribution in [3.63, 3.8) is 0 Å². The van der Waals surface area contributed by atoms with E-state index in [-0.39, 0.29) is 12.1 Å². The van der Waals surface area contributed by atoms with Crippen LogP contribution < -0.4 is 5.73 Å². The van der Waals surface area contributed by atoms with Gasteiger partial charge >= 0.3 is 6.18 Å². The fourth-order valence-corrected chi connectivity index (χ4v) is 2.24. The molecule has 2 N–H and O–H groups in total. The summed E-state index contributed by atoms with van der Waals surface area (Å²) >= 11 is 0. The molecule has 0 bridgehead atoms. The second-order valence-corrected chi connectivity index (χ2v) is 4.56. The number of fused-ring (bicyclic) bond motifs is 1. The number of amides is 1. The highest BCUT2D eigenvalue weighted by atomic mass is 19.4. The number of nitrogens with two attached hydrogens (primary N) is 1. The fraction of sp³-hybridized carbons (Fsp3) is 0.700. The first-order chi connectivity index (χ1) is 8.30. The van der Waals surface area contributed by atoms with E-state index in [1.54, 1.807) is 0 Å². The van der Waals surface area contributed by atoms with Crippen LogP contribution in [-0.4, -0.2) is 27.1 Å². The molecule has 0 spiro atoms. The van der Waals surface area contributed by atoms with E-state index in [1.807, 2.05) is 0 Å². The van der Waals surface area contributed by atoms with Crippen LogP contribution in [0.15, 0.2) is 0 Å². The van der Waals surface area contributed by atoms with Crippen molar-refractivity contribution in [3.8, 4) is 0 Å². The third-order valence-electron chi connectivity index (χ3n) is 3.46. The van der Waals surface area contributed by atoms with Gasteiger partial charge in [0, 0.05) is 6.54 Å². The Labute approximate surface area is 101 Å². The van der Waals surface area contributed by atoms with Crippen LogP contribution in [0, 0.1) is 11.8 Å². The Kier molecular flexibility index (Phi) is 3.04. The van der Waals surface area contributed by atoms with Crippen molar-refractivity contribution >= 4 is 5.91 Å². The molecule has 1 amide bonds. The lowest BCUT2D eigenvalue weighted by Gasteiger charge is -2.29. The third kappa shape index (κ3) is 2.19. The van der Waals surface area contributed by atoms with Crippen LogP contribution in [-0.2, 0) is 13.0 Å². The van der Waals surface area contributed by atoms with Crippen molar-refractivity contribution in [2.24, 2.45) is 17.6 Å². The van der Waals surface area contributed by atoms with Gasteiger partial charge in [-0.1, -0.05) is 12.1 Å². The van der Waals surface area contributed by atoms with Gasteiger partial charge in [0.2, 0.25) is 0 Å². The Balaban J connectivity index is 2.23. The average molecular weight is 262 g/mol. The minimum absolute atomic E-state index is 0.0194. The van der Waals surface area contributed by atoms with Crippen molar-refractivity contribution in [3.05, 3.63) is 11.4 Å². The monoisotopic (exact) mass is 262 g/mol. The van der Waals surface area contributed by atoms with E-state index in [2.05, 4.69) is 10.3 Å². The number of hydrogen-bond acceptors (Lipinski definition) is 3. The van der Waals surface area contributed by atoms with Crippen molar-refractivity contribution in [1.82, 2.24) is 15.0 Å². The minimum atomic E-state index is -4.23. The first-order valence-corrected chi connectivity index (χ1v) is 5.59. The summed E-state index contributed by atoms with van der Waals surface area (Å²) in [5.41, 5.74) is 5.51. The Morgan fingerprint density at radius 3 is 2.78 bits per heavy atom. The highest BCUT2D eigenvalue weighted by molar-refractivity contribution is 5.91. The smallest absolute Gasteiger partial charge is 0.364 e. The van der Waals surface area contributed by atoms with E-state index in [0.29, 0.717) is 18.7 Å². The molecule has 2 unspecified atom stereocenters. The van der Waals surface area contributed by atoms with Crippen LogP contribution in [0.1, 0.15) is 29.5 Å². The zero-order valence-corrected chi connectivity index (χ0v) is 9.74. The van der Waals surface area contributed by atoms with Crippen LogP contribution in [0.2, 0.25) is 0 Å². The van der Waals surface area contributed by atoms with Gasteiger partial charge in [-0.3, -0.25) is 4.79 Å². The van der Waals surface area contributed by atoms with Crippen molar-refractivity contribution in [2.75, 3.05) is 0 Å². The standard InChI is InChI=1S/C10H13F3N4O/c1-5(10(11,12)13)6-2-3-17-7(4-6)8(9(14)18)15-16-17/h5-6H,2-4H2,1H3,(H2,14,18). The lowest BCUT2D eigenvalue weighted by atomic mass is 9.84. The van der Waals surface area contributed by atoms with Crippen LogP contribution >= 0.6 is 0 Å². The van der Waals surface area contributed by atoms with Gasteiger partial charge in [0.05, 0.1) is 11.6 Å². The van der Waals surface area contributed by atoms with Crippen molar-refractivity contribution in [1.29, 1.82) is 0 Å². The molecule has 5 nitrogen and oxygen atoms in total. The summed E-state index contributed by atoms with van der Waals surface area (Å²) in [6.45, 7) is 1.49. The summed E-state index contributed by atoms with van der Waals surface area (Å²) in [6.07, 6.45) is -3.73. The largest absolute Gasteiger partial charge is 0.391 e. The maximum atomic E-state index is 12.7. The van der Waals surface area contributed by atoms with Gasteiger partial charge in [0.1, 0.15) is 0 Å². The van der Waals surface area contributed by atoms with Crippen LogP contribution in [0.5, 0.6) is 0 Å². The van der Waals surface area contributed by atoms with E-state index in [1.165, 1.54) is 4.68 Å². The number of halogens is 3. The topological polar surface area (TPSA) is 73.8 Å². The first-order valence-electron chi connectivity index (χ1n) is 5.59. The molecule has 1 aromatic heterocycles. The number of primary amides is 1. The molecular formula is C10H13F3N4O. The molecule has 2 heterocycles. The second kappa shape index (κ2) is 4.25. The van der Waals surface area contributed by atoms with Crippen LogP contribution in [0.4, 0.5) is 13.2 Å². The van der Waals surface area contributed by atoms with Crippen molar-refractivity contribution < 1.29 is 18.0 Å². The highest BCUT2D eigenvalue weighted by Crippen LogP contribution is 2.37. The Morgan fingerprint density at radius 1 is 1.56 bits per heavy atom. The summed E-state index contributed by atoms with van der Waals surface area (Å²) in [6, 6.07) is 0. The maximum absolute atomic E-state index is 12.7. The molecule has 8 heteroatoms. The molecular weight excluding hydrogens is 249 g/mol. The molecule has 2 atom stereocenters. The molecule has 0 saturated carbocycles. The number of aryl methyl sites for hydroxylation is 1. The molecule has 1 aliphatic rings. The van der Waals surface area contributed by atoms with Gasteiger partial charge in [0.25, 0.3) is 5.91 Å². The van der Waals surface area contributed by atoms with Gasteiger partial charge in [-0.05, 0) is 18.8 Å². The lowest BCUT2D eigenvalue weighted by Crippen LogP contribution is -2.33.